The molecule has 1 atom stereocenters. The lowest BCUT2D eigenvalue weighted by Gasteiger charge is -2.11. The van der Waals surface area contributed by atoms with Crippen LogP contribution >= 0.6 is 0 Å². The van der Waals surface area contributed by atoms with Gasteiger partial charge < -0.3 is 14.8 Å². The molecule has 0 spiro atoms. The second-order valence-corrected chi connectivity index (χ2v) is 5.05. The predicted octanol–water partition coefficient (Wildman–Crippen LogP) is 1.84. The normalized spacial score (nSPS) is 16.1. The number of aryl methyl sites for hydroxylation is 1. The lowest BCUT2D eigenvalue weighted by atomic mass is 10.2. The Balaban J connectivity index is 1.93. The number of carboxylic acids is 1. The fourth-order valence-corrected chi connectivity index (χ4v) is 1.83. The maximum absolute atomic E-state index is 12.0. The van der Waals surface area contributed by atoms with Crippen LogP contribution in [0.25, 0.3) is 0 Å². The Bertz CT molecular complexity index is 491. The van der Waals surface area contributed by atoms with E-state index in [-0.39, 0.29) is 24.1 Å². The maximum Gasteiger partial charge on any atom is 0.303 e. The Morgan fingerprint density at radius 2 is 2.21 bits per heavy atom. The molecule has 1 fully saturated rings. The number of carbonyl (C=O) groups excluding carboxylic acids is 1. The van der Waals surface area contributed by atoms with Crippen molar-refractivity contribution in [3.05, 3.63) is 17.3 Å². The summed E-state index contributed by atoms with van der Waals surface area (Å²) in [5, 5.41) is 11.3. The van der Waals surface area contributed by atoms with Crippen molar-refractivity contribution in [2.24, 2.45) is 0 Å². The molecule has 1 amide bonds. The van der Waals surface area contributed by atoms with Gasteiger partial charge in [-0.3, -0.25) is 9.59 Å². The van der Waals surface area contributed by atoms with Crippen LogP contribution in [0, 0.1) is 6.92 Å². The minimum Gasteiger partial charge on any atom is -0.481 e. The topological polar surface area (TPSA) is 92.4 Å². The molecule has 1 aliphatic rings. The zero-order valence-electron chi connectivity index (χ0n) is 11.1. The summed E-state index contributed by atoms with van der Waals surface area (Å²) >= 11 is 0. The molecule has 0 bridgehead atoms. The zero-order chi connectivity index (χ0) is 14.0. The molecule has 0 aliphatic heterocycles. The molecule has 1 aromatic heterocycles. The first-order chi connectivity index (χ1) is 8.97. The number of nitrogens with one attached hydrogen (secondary N) is 1. The molecule has 0 saturated heterocycles. The van der Waals surface area contributed by atoms with Crippen LogP contribution in [0.4, 0.5) is 0 Å². The minimum atomic E-state index is -0.868. The standard InChI is InChI=1S/C13H18N2O4/c1-7(3-6-10(16)17)14-12(18)11-8(2)15-13(19-11)9-4-5-9/h7,9H,3-6H2,1-2H3,(H,14,18)(H,16,17). The molecule has 1 aromatic rings. The Kier molecular flexibility index (Phi) is 3.87. The molecule has 0 aromatic carbocycles. The first-order valence-electron chi connectivity index (χ1n) is 6.47. The first-order valence-corrected chi connectivity index (χ1v) is 6.47. The van der Waals surface area contributed by atoms with E-state index >= 15 is 0 Å². The van der Waals surface area contributed by atoms with Crippen molar-refractivity contribution in [3.8, 4) is 0 Å². The van der Waals surface area contributed by atoms with E-state index in [1.54, 1.807) is 13.8 Å². The number of aliphatic carboxylic acids is 1. The molecule has 2 N–H and O–H groups in total. The predicted molar refractivity (Wildman–Crippen MR) is 67.0 cm³/mol. The van der Waals surface area contributed by atoms with Crippen molar-refractivity contribution in [1.82, 2.24) is 10.3 Å². The highest BCUT2D eigenvalue weighted by Gasteiger charge is 2.31. The molecule has 1 unspecified atom stereocenters. The number of hydrogen-bond acceptors (Lipinski definition) is 4. The lowest BCUT2D eigenvalue weighted by molar-refractivity contribution is -0.137. The van der Waals surface area contributed by atoms with Gasteiger partial charge in [-0.15, -0.1) is 0 Å². The summed E-state index contributed by atoms with van der Waals surface area (Å²) < 4.78 is 5.49. The highest BCUT2D eigenvalue weighted by atomic mass is 16.4. The molecule has 104 valence electrons. The zero-order valence-corrected chi connectivity index (χ0v) is 11.1. The quantitative estimate of drug-likeness (QED) is 0.819. The third-order valence-electron chi connectivity index (χ3n) is 3.11. The Morgan fingerprint density at radius 1 is 1.53 bits per heavy atom. The van der Waals surface area contributed by atoms with Crippen LogP contribution in [0.3, 0.4) is 0 Å². The Labute approximate surface area is 111 Å². The van der Waals surface area contributed by atoms with Gasteiger partial charge in [0.25, 0.3) is 5.91 Å². The third-order valence-corrected chi connectivity index (χ3v) is 3.11. The van der Waals surface area contributed by atoms with Crippen molar-refractivity contribution in [2.75, 3.05) is 0 Å². The van der Waals surface area contributed by atoms with E-state index in [0.29, 0.717) is 23.9 Å². The summed E-state index contributed by atoms with van der Waals surface area (Å²) in [6.07, 6.45) is 2.56. The molecule has 1 heterocycles. The molecule has 6 nitrogen and oxygen atoms in total. The van der Waals surface area contributed by atoms with Gasteiger partial charge in [-0.2, -0.15) is 0 Å². The molecule has 19 heavy (non-hydrogen) atoms. The smallest absolute Gasteiger partial charge is 0.303 e. The second-order valence-electron chi connectivity index (χ2n) is 5.05. The maximum atomic E-state index is 12.0. The van der Waals surface area contributed by atoms with Crippen LogP contribution < -0.4 is 5.32 Å². The summed E-state index contributed by atoms with van der Waals surface area (Å²) in [4.78, 5) is 26.7. The molecule has 2 rings (SSSR count). The molecule has 6 heteroatoms. The largest absolute Gasteiger partial charge is 0.481 e. The van der Waals surface area contributed by atoms with Crippen molar-refractivity contribution >= 4 is 11.9 Å². The third kappa shape index (κ3) is 3.56. The average Bonchev–Trinajstić information content (AvgIpc) is 3.10. The van der Waals surface area contributed by atoms with Crippen LogP contribution in [0.5, 0.6) is 0 Å². The van der Waals surface area contributed by atoms with E-state index < -0.39 is 5.97 Å². The van der Waals surface area contributed by atoms with Gasteiger partial charge in [0.05, 0.1) is 5.69 Å². The van der Waals surface area contributed by atoms with E-state index in [9.17, 15) is 9.59 Å². The highest BCUT2D eigenvalue weighted by molar-refractivity contribution is 5.92. The van der Waals surface area contributed by atoms with Crippen molar-refractivity contribution in [2.45, 2.75) is 51.5 Å². The van der Waals surface area contributed by atoms with E-state index in [4.69, 9.17) is 9.52 Å². The van der Waals surface area contributed by atoms with Crippen LogP contribution in [0.15, 0.2) is 4.42 Å². The number of carbonyl (C=O) groups is 2. The van der Waals surface area contributed by atoms with E-state index in [0.717, 1.165) is 12.8 Å². The lowest BCUT2D eigenvalue weighted by Crippen LogP contribution is -2.33. The number of carboxylic acid groups (broad SMARTS) is 1. The number of amides is 1. The summed E-state index contributed by atoms with van der Waals surface area (Å²) in [5.74, 6) is 0.0531. The molecular formula is C13H18N2O4. The van der Waals surface area contributed by atoms with Crippen molar-refractivity contribution in [3.63, 3.8) is 0 Å². The molecule has 1 saturated carbocycles. The van der Waals surface area contributed by atoms with Gasteiger partial charge in [0.15, 0.2) is 5.89 Å². The minimum absolute atomic E-state index is 0.0319. The van der Waals surface area contributed by atoms with Gasteiger partial charge >= 0.3 is 5.97 Å². The summed E-state index contributed by atoms with van der Waals surface area (Å²) in [5.41, 5.74) is 0.588. The number of hydrogen-bond donors (Lipinski definition) is 2. The summed E-state index contributed by atoms with van der Waals surface area (Å²) in [7, 11) is 0. The van der Waals surface area contributed by atoms with Gasteiger partial charge in [-0.1, -0.05) is 0 Å². The van der Waals surface area contributed by atoms with Gasteiger partial charge in [0, 0.05) is 18.4 Å². The molecule has 0 radical (unpaired) electrons. The van der Waals surface area contributed by atoms with Crippen LogP contribution in [0.2, 0.25) is 0 Å². The number of nitrogens with zero attached hydrogens (tertiary/aromatic N) is 1. The van der Waals surface area contributed by atoms with Crippen LogP contribution in [0.1, 0.15) is 60.7 Å². The van der Waals surface area contributed by atoms with Crippen molar-refractivity contribution < 1.29 is 19.1 Å². The van der Waals surface area contributed by atoms with Gasteiger partial charge in [-0.25, -0.2) is 4.98 Å². The SMILES string of the molecule is Cc1nc(C2CC2)oc1C(=O)NC(C)CCC(=O)O. The Morgan fingerprint density at radius 3 is 2.79 bits per heavy atom. The van der Waals surface area contributed by atoms with Crippen LogP contribution in [-0.2, 0) is 4.79 Å². The van der Waals surface area contributed by atoms with Gasteiger partial charge in [0.2, 0.25) is 5.76 Å². The van der Waals surface area contributed by atoms with Crippen LogP contribution in [-0.4, -0.2) is 28.0 Å². The fourth-order valence-electron chi connectivity index (χ4n) is 1.83. The summed E-state index contributed by atoms with van der Waals surface area (Å²) in [6.45, 7) is 3.51. The monoisotopic (exact) mass is 266 g/mol. The van der Waals surface area contributed by atoms with E-state index in [2.05, 4.69) is 10.3 Å². The van der Waals surface area contributed by atoms with E-state index in [1.807, 2.05) is 0 Å². The van der Waals surface area contributed by atoms with Gasteiger partial charge in [0.1, 0.15) is 0 Å². The van der Waals surface area contributed by atoms with Gasteiger partial charge in [-0.05, 0) is 33.1 Å². The first kappa shape index (κ1) is 13.6. The fraction of sp³-hybridized carbons (Fsp3) is 0.615. The number of oxazole rings is 1. The molecular weight excluding hydrogens is 248 g/mol. The van der Waals surface area contributed by atoms with Crippen molar-refractivity contribution in [1.29, 1.82) is 0 Å². The second kappa shape index (κ2) is 5.42. The summed E-state index contributed by atoms with van der Waals surface area (Å²) in [6, 6.07) is -0.211. The highest BCUT2D eigenvalue weighted by Crippen LogP contribution is 2.40. The number of aromatic nitrogens is 1. The molecule has 1 aliphatic carbocycles. The Hall–Kier alpha value is -1.85. The number of rotatable bonds is 6. The average molecular weight is 266 g/mol. The van der Waals surface area contributed by atoms with E-state index in [1.165, 1.54) is 0 Å².